The molecule has 0 fully saturated rings. The number of carboxylic acid groups (broad SMARTS) is 1. The average Bonchev–Trinajstić information content (AvgIpc) is 3.15. The van der Waals surface area contributed by atoms with Crippen molar-refractivity contribution in [1.29, 1.82) is 0 Å². The standard InChI is InChI=1S/C20H20N4O3/c25-20(26)18-19-16(11-22-24(19)15-9-5-2-6-10-15)17(12-21-18)23-27-13-14-7-3-1-4-8-14/h1-11,17-18,21,23H,12-13H2,(H,25,26). The SMILES string of the molecule is O=C(O)C1NCC(NOCc2ccccc2)c2cnn(-c3ccccc3)c21. The predicted octanol–water partition coefficient (Wildman–Crippen LogP) is 2.36. The van der Waals surface area contributed by atoms with Gasteiger partial charge in [0.1, 0.15) is 6.04 Å². The Morgan fingerprint density at radius 2 is 1.89 bits per heavy atom. The van der Waals surface area contributed by atoms with Gasteiger partial charge in [-0.2, -0.15) is 10.6 Å². The smallest absolute Gasteiger partial charge is 0.326 e. The molecule has 3 N–H and O–H groups in total. The molecule has 1 aromatic heterocycles. The van der Waals surface area contributed by atoms with Gasteiger partial charge in [-0.05, 0) is 17.7 Å². The number of aromatic nitrogens is 2. The summed E-state index contributed by atoms with van der Waals surface area (Å²) in [4.78, 5) is 17.4. The first-order chi connectivity index (χ1) is 13.2. The molecule has 0 saturated heterocycles. The van der Waals surface area contributed by atoms with Crippen LogP contribution in [-0.4, -0.2) is 27.4 Å². The van der Waals surface area contributed by atoms with Crippen LogP contribution < -0.4 is 10.8 Å². The number of carbonyl (C=O) groups is 1. The summed E-state index contributed by atoms with van der Waals surface area (Å²) < 4.78 is 1.67. The van der Waals surface area contributed by atoms with E-state index in [1.165, 1.54) is 0 Å². The fourth-order valence-electron chi connectivity index (χ4n) is 3.25. The van der Waals surface area contributed by atoms with E-state index in [0.717, 1.165) is 16.8 Å². The summed E-state index contributed by atoms with van der Waals surface area (Å²) in [5.41, 5.74) is 6.34. The lowest BCUT2D eigenvalue weighted by atomic mass is 9.98. The first-order valence-electron chi connectivity index (χ1n) is 8.74. The molecule has 2 unspecified atom stereocenters. The van der Waals surface area contributed by atoms with Crippen molar-refractivity contribution in [3.63, 3.8) is 0 Å². The lowest BCUT2D eigenvalue weighted by Gasteiger charge is -2.29. The van der Waals surface area contributed by atoms with Gasteiger partial charge in [0, 0.05) is 12.1 Å². The Labute approximate surface area is 156 Å². The molecule has 4 rings (SSSR count). The second kappa shape index (κ2) is 7.71. The number of rotatable bonds is 6. The number of aliphatic carboxylic acids is 1. The Morgan fingerprint density at radius 1 is 1.19 bits per heavy atom. The van der Waals surface area contributed by atoms with Crippen LogP contribution in [0.3, 0.4) is 0 Å². The number of hydroxylamine groups is 1. The third-order valence-corrected chi connectivity index (χ3v) is 4.57. The number of hydrogen-bond acceptors (Lipinski definition) is 5. The van der Waals surface area contributed by atoms with E-state index in [2.05, 4.69) is 15.9 Å². The van der Waals surface area contributed by atoms with Gasteiger partial charge in [-0.15, -0.1) is 0 Å². The van der Waals surface area contributed by atoms with Crippen molar-refractivity contribution in [2.24, 2.45) is 0 Å². The molecule has 138 valence electrons. The van der Waals surface area contributed by atoms with E-state index in [1.54, 1.807) is 10.9 Å². The van der Waals surface area contributed by atoms with Gasteiger partial charge in [-0.1, -0.05) is 48.5 Å². The molecule has 1 aliphatic heterocycles. The van der Waals surface area contributed by atoms with E-state index >= 15 is 0 Å². The Kier molecular flexibility index (Phi) is 4.97. The van der Waals surface area contributed by atoms with Crippen molar-refractivity contribution in [3.8, 4) is 5.69 Å². The lowest BCUT2D eigenvalue weighted by molar-refractivity contribution is -0.140. The fraction of sp³-hybridized carbons (Fsp3) is 0.200. The molecule has 0 bridgehead atoms. The molecule has 7 nitrogen and oxygen atoms in total. The molecule has 0 radical (unpaired) electrons. The fourth-order valence-corrected chi connectivity index (χ4v) is 3.25. The summed E-state index contributed by atoms with van der Waals surface area (Å²) >= 11 is 0. The summed E-state index contributed by atoms with van der Waals surface area (Å²) in [6, 6.07) is 18.3. The van der Waals surface area contributed by atoms with Crippen LogP contribution in [-0.2, 0) is 16.2 Å². The zero-order valence-corrected chi connectivity index (χ0v) is 14.6. The molecule has 0 amide bonds. The monoisotopic (exact) mass is 364 g/mol. The minimum absolute atomic E-state index is 0.197. The highest BCUT2D eigenvalue weighted by molar-refractivity contribution is 5.76. The summed E-state index contributed by atoms with van der Waals surface area (Å²) in [5.74, 6) is -0.933. The molecular weight excluding hydrogens is 344 g/mol. The highest BCUT2D eigenvalue weighted by Crippen LogP contribution is 2.30. The van der Waals surface area contributed by atoms with E-state index in [1.807, 2.05) is 60.7 Å². The first-order valence-corrected chi connectivity index (χ1v) is 8.74. The van der Waals surface area contributed by atoms with Gasteiger partial charge in [0.25, 0.3) is 0 Å². The molecule has 0 saturated carbocycles. The third-order valence-electron chi connectivity index (χ3n) is 4.57. The number of benzene rings is 2. The molecule has 2 heterocycles. The zero-order chi connectivity index (χ0) is 18.6. The predicted molar refractivity (Wildman–Crippen MR) is 99.1 cm³/mol. The lowest BCUT2D eigenvalue weighted by Crippen LogP contribution is -2.42. The summed E-state index contributed by atoms with van der Waals surface area (Å²) in [5, 5.41) is 17.1. The van der Waals surface area contributed by atoms with Crippen LogP contribution in [0.4, 0.5) is 0 Å². The Hall–Kier alpha value is -3.00. The van der Waals surface area contributed by atoms with E-state index in [9.17, 15) is 9.90 Å². The minimum Gasteiger partial charge on any atom is -0.480 e. The Morgan fingerprint density at radius 3 is 2.59 bits per heavy atom. The maximum Gasteiger partial charge on any atom is 0.326 e. The van der Waals surface area contributed by atoms with Crippen molar-refractivity contribution in [2.45, 2.75) is 18.7 Å². The van der Waals surface area contributed by atoms with E-state index in [0.29, 0.717) is 18.8 Å². The van der Waals surface area contributed by atoms with E-state index < -0.39 is 12.0 Å². The number of para-hydroxylation sites is 1. The Balaban J connectivity index is 1.57. The molecule has 1 aliphatic rings. The van der Waals surface area contributed by atoms with Crippen molar-refractivity contribution in [1.82, 2.24) is 20.6 Å². The van der Waals surface area contributed by atoms with Gasteiger partial charge in [0.15, 0.2) is 0 Å². The normalized spacial score (nSPS) is 18.8. The average molecular weight is 364 g/mol. The van der Waals surface area contributed by atoms with Crippen LogP contribution in [0.1, 0.15) is 28.9 Å². The van der Waals surface area contributed by atoms with E-state index in [4.69, 9.17) is 4.84 Å². The van der Waals surface area contributed by atoms with Crippen LogP contribution in [0.2, 0.25) is 0 Å². The first kappa shape index (κ1) is 17.4. The molecule has 7 heteroatoms. The van der Waals surface area contributed by atoms with Gasteiger partial charge < -0.3 is 5.11 Å². The summed E-state index contributed by atoms with van der Waals surface area (Å²) in [6.07, 6.45) is 1.71. The molecule has 3 aromatic rings. The van der Waals surface area contributed by atoms with Crippen LogP contribution in [0.25, 0.3) is 5.69 Å². The van der Waals surface area contributed by atoms with Gasteiger partial charge in [-0.3, -0.25) is 14.9 Å². The van der Waals surface area contributed by atoms with Crippen LogP contribution in [0.5, 0.6) is 0 Å². The number of fused-ring (bicyclic) bond motifs is 1. The number of carboxylic acids is 1. The van der Waals surface area contributed by atoms with Crippen LogP contribution >= 0.6 is 0 Å². The second-order valence-electron chi connectivity index (χ2n) is 6.36. The molecule has 2 aromatic carbocycles. The van der Waals surface area contributed by atoms with Crippen molar-refractivity contribution in [2.75, 3.05) is 6.54 Å². The topological polar surface area (TPSA) is 88.4 Å². The van der Waals surface area contributed by atoms with Crippen molar-refractivity contribution >= 4 is 5.97 Å². The Bertz CT molecular complexity index is 911. The highest BCUT2D eigenvalue weighted by Gasteiger charge is 2.35. The number of nitrogens with zero attached hydrogens (tertiary/aromatic N) is 2. The maximum atomic E-state index is 11.7. The van der Waals surface area contributed by atoms with Crippen molar-refractivity contribution < 1.29 is 14.7 Å². The summed E-state index contributed by atoms with van der Waals surface area (Å²) in [7, 11) is 0. The number of nitrogens with one attached hydrogen (secondary N) is 2. The molecular formula is C20H20N4O3. The third kappa shape index (κ3) is 3.61. The highest BCUT2D eigenvalue weighted by atomic mass is 16.6. The van der Waals surface area contributed by atoms with Crippen LogP contribution in [0, 0.1) is 0 Å². The summed E-state index contributed by atoms with van der Waals surface area (Å²) in [6.45, 7) is 0.848. The molecule has 0 aliphatic carbocycles. The molecule has 27 heavy (non-hydrogen) atoms. The zero-order valence-electron chi connectivity index (χ0n) is 14.6. The van der Waals surface area contributed by atoms with Gasteiger partial charge in [0.05, 0.1) is 30.2 Å². The van der Waals surface area contributed by atoms with Gasteiger partial charge in [0.2, 0.25) is 0 Å². The second-order valence-corrected chi connectivity index (χ2v) is 6.36. The van der Waals surface area contributed by atoms with Gasteiger partial charge >= 0.3 is 5.97 Å². The van der Waals surface area contributed by atoms with E-state index in [-0.39, 0.29) is 6.04 Å². The van der Waals surface area contributed by atoms with Crippen LogP contribution in [0.15, 0.2) is 66.9 Å². The largest absolute Gasteiger partial charge is 0.480 e. The van der Waals surface area contributed by atoms with Crippen molar-refractivity contribution in [3.05, 3.63) is 83.7 Å². The quantitative estimate of drug-likeness (QED) is 0.582. The minimum atomic E-state index is -0.933. The maximum absolute atomic E-state index is 11.7. The molecule has 0 spiro atoms. The molecule has 2 atom stereocenters. The number of hydrogen-bond donors (Lipinski definition) is 3. The van der Waals surface area contributed by atoms with Gasteiger partial charge in [-0.25, -0.2) is 4.68 Å².